The van der Waals surface area contributed by atoms with Gasteiger partial charge in [0.1, 0.15) is 17.4 Å². The third kappa shape index (κ3) is 3.92. The van der Waals surface area contributed by atoms with Gasteiger partial charge in [0.15, 0.2) is 0 Å². The molecule has 0 spiro atoms. The average molecular weight is 418 g/mol. The third-order valence-corrected chi connectivity index (χ3v) is 5.56. The van der Waals surface area contributed by atoms with Crippen molar-refractivity contribution < 1.29 is 14.3 Å². The van der Waals surface area contributed by atoms with Crippen molar-refractivity contribution in [3.8, 4) is 17.1 Å². The lowest BCUT2D eigenvalue weighted by Crippen LogP contribution is -2.17. The van der Waals surface area contributed by atoms with E-state index >= 15 is 0 Å². The summed E-state index contributed by atoms with van der Waals surface area (Å²) in [5.74, 6) is 1.93. The molecule has 7 nitrogen and oxygen atoms in total. The van der Waals surface area contributed by atoms with Crippen molar-refractivity contribution in [2.45, 2.75) is 20.4 Å². The number of para-hydroxylation sites is 2. The van der Waals surface area contributed by atoms with Crippen LogP contribution in [0.4, 0.5) is 5.82 Å². The molecule has 0 saturated carbocycles. The van der Waals surface area contributed by atoms with E-state index in [1.54, 1.807) is 38.5 Å². The van der Waals surface area contributed by atoms with Crippen LogP contribution in [0.5, 0.6) is 5.75 Å². The number of aromatic amines is 1. The number of nitrogens with one attached hydrogen (secondary N) is 2. The van der Waals surface area contributed by atoms with Crippen LogP contribution < -0.4 is 10.1 Å². The number of methoxy groups -OCH3 is 2. The fourth-order valence-electron chi connectivity index (χ4n) is 3.74. The molecule has 1 amide bonds. The molecule has 0 unspecified atom stereocenters. The zero-order chi connectivity index (χ0) is 22.0. The van der Waals surface area contributed by atoms with Gasteiger partial charge in [-0.05, 0) is 55.8 Å². The number of nitrogens with zero attached hydrogens (tertiary/aromatic N) is 2. The third-order valence-electron chi connectivity index (χ3n) is 5.56. The maximum absolute atomic E-state index is 13.1. The number of anilines is 1. The molecular weight excluding hydrogens is 392 g/mol. The van der Waals surface area contributed by atoms with E-state index in [9.17, 15) is 4.79 Å². The summed E-state index contributed by atoms with van der Waals surface area (Å²) in [7, 11) is 3.27. The van der Waals surface area contributed by atoms with E-state index in [0.717, 1.165) is 33.7 Å². The predicted molar refractivity (Wildman–Crippen MR) is 122 cm³/mol. The van der Waals surface area contributed by atoms with Gasteiger partial charge < -0.3 is 24.3 Å². The number of imidazole rings is 1. The van der Waals surface area contributed by atoms with E-state index in [1.165, 1.54) is 0 Å². The molecule has 31 heavy (non-hydrogen) atoms. The first-order valence-electron chi connectivity index (χ1n) is 10.1. The van der Waals surface area contributed by atoms with E-state index < -0.39 is 0 Å². The first-order chi connectivity index (χ1) is 15.0. The summed E-state index contributed by atoms with van der Waals surface area (Å²) in [6, 6.07) is 14.9. The standard InChI is InChI=1S/C24H26N4O3/c1-15-16(2)28(13-14-30-3)23(27-24(29)17-9-11-18(31-4)12-10-17)21(15)22-25-19-7-5-6-8-20(19)26-22/h5-12H,13-14H2,1-4H3,(H,25,26)(H,27,29). The zero-order valence-corrected chi connectivity index (χ0v) is 18.2. The minimum absolute atomic E-state index is 0.198. The van der Waals surface area contributed by atoms with E-state index in [0.29, 0.717) is 30.3 Å². The Kier molecular flexibility index (Phi) is 5.77. The summed E-state index contributed by atoms with van der Waals surface area (Å²) in [5.41, 5.74) is 5.37. The van der Waals surface area contributed by atoms with Gasteiger partial charge in [0.25, 0.3) is 5.91 Å². The Morgan fingerprint density at radius 1 is 1.10 bits per heavy atom. The summed E-state index contributed by atoms with van der Waals surface area (Å²) in [6.45, 7) is 5.23. The van der Waals surface area contributed by atoms with Crippen LogP contribution in [0, 0.1) is 13.8 Å². The van der Waals surface area contributed by atoms with E-state index in [4.69, 9.17) is 14.5 Å². The van der Waals surface area contributed by atoms with Gasteiger partial charge in [0, 0.05) is 24.9 Å². The second-order valence-electron chi connectivity index (χ2n) is 7.36. The minimum Gasteiger partial charge on any atom is -0.497 e. The monoisotopic (exact) mass is 418 g/mol. The zero-order valence-electron chi connectivity index (χ0n) is 18.2. The van der Waals surface area contributed by atoms with Gasteiger partial charge in [-0.3, -0.25) is 4.79 Å². The first-order valence-corrected chi connectivity index (χ1v) is 10.1. The van der Waals surface area contributed by atoms with Crippen molar-refractivity contribution in [2.75, 3.05) is 26.1 Å². The van der Waals surface area contributed by atoms with Crippen molar-refractivity contribution in [1.29, 1.82) is 0 Å². The molecule has 0 aliphatic heterocycles. The molecule has 0 aliphatic rings. The summed E-state index contributed by atoms with van der Waals surface area (Å²) < 4.78 is 12.6. The number of benzene rings is 2. The Hall–Kier alpha value is -3.58. The topological polar surface area (TPSA) is 81.2 Å². The molecule has 4 aromatic rings. The number of aromatic nitrogens is 3. The number of rotatable bonds is 7. The summed E-state index contributed by atoms with van der Waals surface area (Å²) >= 11 is 0. The van der Waals surface area contributed by atoms with Gasteiger partial charge in [0.2, 0.25) is 0 Å². The van der Waals surface area contributed by atoms with Crippen molar-refractivity contribution in [3.63, 3.8) is 0 Å². The van der Waals surface area contributed by atoms with Crippen LogP contribution in [0.15, 0.2) is 48.5 Å². The molecule has 2 N–H and O–H groups in total. The number of carbonyl (C=O) groups excluding carboxylic acids is 1. The largest absolute Gasteiger partial charge is 0.497 e. The van der Waals surface area contributed by atoms with Crippen LogP contribution in [0.25, 0.3) is 22.4 Å². The van der Waals surface area contributed by atoms with Gasteiger partial charge in [-0.15, -0.1) is 0 Å². The Morgan fingerprint density at radius 3 is 2.52 bits per heavy atom. The fourth-order valence-corrected chi connectivity index (χ4v) is 3.74. The van der Waals surface area contributed by atoms with Gasteiger partial charge in [0.05, 0.1) is 30.3 Å². The van der Waals surface area contributed by atoms with E-state index in [-0.39, 0.29) is 5.91 Å². The highest BCUT2D eigenvalue weighted by atomic mass is 16.5. The van der Waals surface area contributed by atoms with E-state index in [2.05, 4.69) is 14.9 Å². The number of H-pyrrole nitrogens is 1. The highest BCUT2D eigenvalue weighted by molar-refractivity contribution is 6.06. The van der Waals surface area contributed by atoms with Crippen LogP contribution in [0.2, 0.25) is 0 Å². The molecule has 0 fully saturated rings. The number of fused-ring (bicyclic) bond motifs is 1. The second kappa shape index (κ2) is 8.65. The highest BCUT2D eigenvalue weighted by Crippen LogP contribution is 2.36. The average Bonchev–Trinajstić information content (AvgIpc) is 3.31. The van der Waals surface area contributed by atoms with Crippen LogP contribution in [0.3, 0.4) is 0 Å². The Labute approximate surface area is 181 Å². The molecule has 2 aromatic heterocycles. The second-order valence-corrected chi connectivity index (χ2v) is 7.36. The molecular formula is C24H26N4O3. The maximum atomic E-state index is 13.1. The fraction of sp³-hybridized carbons (Fsp3) is 0.250. The smallest absolute Gasteiger partial charge is 0.256 e. The SMILES string of the molecule is COCCn1c(C)c(C)c(-c2nc3ccccc3[nH]2)c1NC(=O)c1ccc(OC)cc1. The van der Waals surface area contributed by atoms with Gasteiger partial charge >= 0.3 is 0 Å². The van der Waals surface area contributed by atoms with Crippen molar-refractivity contribution in [3.05, 3.63) is 65.4 Å². The van der Waals surface area contributed by atoms with Crippen LogP contribution in [-0.4, -0.2) is 41.3 Å². The van der Waals surface area contributed by atoms with Crippen LogP contribution in [-0.2, 0) is 11.3 Å². The van der Waals surface area contributed by atoms with Crippen LogP contribution in [0.1, 0.15) is 21.6 Å². The first kappa shape index (κ1) is 20.7. The molecule has 2 aromatic carbocycles. The van der Waals surface area contributed by atoms with Gasteiger partial charge in [-0.1, -0.05) is 12.1 Å². The summed E-state index contributed by atoms with van der Waals surface area (Å²) in [4.78, 5) is 21.3. The molecule has 0 aliphatic carbocycles. The quantitative estimate of drug-likeness (QED) is 0.461. The lowest BCUT2D eigenvalue weighted by Gasteiger charge is -2.14. The number of hydrogen-bond acceptors (Lipinski definition) is 4. The molecule has 0 radical (unpaired) electrons. The molecule has 0 atom stereocenters. The van der Waals surface area contributed by atoms with Crippen molar-refractivity contribution >= 4 is 22.8 Å². The Balaban J connectivity index is 1.79. The number of ether oxygens (including phenoxy) is 2. The minimum atomic E-state index is -0.198. The number of hydrogen-bond donors (Lipinski definition) is 2. The number of carbonyl (C=O) groups is 1. The van der Waals surface area contributed by atoms with Crippen molar-refractivity contribution in [2.24, 2.45) is 0 Å². The summed E-state index contributed by atoms with van der Waals surface area (Å²) in [6.07, 6.45) is 0. The maximum Gasteiger partial charge on any atom is 0.256 e. The van der Waals surface area contributed by atoms with E-state index in [1.807, 2.05) is 38.1 Å². The van der Waals surface area contributed by atoms with Gasteiger partial charge in [-0.2, -0.15) is 0 Å². The summed E-state index contributed by atoms with van der Waals surface area (Å²) in [5, 5.41) is 3.11. The lowest BCUT2D eigenvalue weighted by molar-refractivity contribution is 0.102. The normalized spacial score (nSPS) is 11.1. The Bertz CT molecular complexity index is 1190. The highest BCUT2D eigenvalue weighted by Gasteiger charge is 2.23. The molecule has 0 bridgehead atoms. The Morgan fingerprint density at radius 2 is 1.84 bits per heavy atom. The van der Waals surface area contributed by atoms with Crippen molar-refractivity contribution in [1.82, 2.24) is 14.5 Å². The lowest BCUT2D eigenvalue weighted by atomic mass is 10.1. The molecule has 2 heterocycles. The van der Waals surface area contributed by atoms with Gasteiger partial charge in [-0.25, -0.2) is 4.98 Å². The molecule has 7 heteroatoms. The predicted octanol–water partition coefficient (Wildman–Crippen LogP) is 4.56. The number of amides is 1. The molecule has 0 saturated heterocycles. The molecule has 4 rings (SSSR count). The molecule has 160 valence electrons. The van der Waals surface area contributed by atoms with Crippen LogP contribution >= 0.6 is 0 Å².